The van der Waals surface area contributed by atoms with Crippen molar-refractivity contribution in [2.24, 2.45) is 0 Å². The van der Waals surface area contributed by atoms with Gasteiger partial charge in [0.25, 0.3) is 5.91 Å². The van der Waals surface area contributed by atoms with Crippen molar-refractivity contribution >= 4 is 28.7 Å². The van der Waals surface area contributed by atoms with E-state index in [1.54, 1.807) is 12.3 Å². The molecule has 2 N–H and O–H groups in total. The van der Waals surface area contributed by atoms with Gasteiger partial charge in [0, 0.05) is 36.7 Å². The Morgan fingerprint density at radius 3 is 2.62 bits per heavy atom. The van der Waals surface area contributed by atoms with Gasteiger partial charge in [-0.25, -0.2) is 0 Å². The number of hydrogen-bond donors (Lipinski definition) is 2. The summed E-state index contributed by atoms with van der Waals surface area (Å²) in [5.41, 5.74) is 1.24. The average molecular weight is 403 g/mol. The lowest BCUT2D eigenvalue weighted by atomic mass is 10.1. The fourth-order valence-corrected chi connectivity index (χ4v) is 3.64. The molecule has 0 spiro atoms. The summed E-state index contributed by atoms with van der Waals surface area (Å²) in [4.78, 5) is 26.1. The third-order valence-corrected chi connectivity index (χ3v) is 5.15. The zero-order chi connectivity index (χ0) is 21.1. The van der Waals surface area contributed by atoms with Gasteiger partial charge in [-0.3, -0.25) is 4.79 Å². The molecule has 1 fully saturated rings. The molecule has 158 valence electrons. The van der Waals surface area contributed by atoms with Crippen LogP contribution in [0.3, 0.4) is 0 Å². The molecule has 1 aromatic carbocycles. The molecule has 0 atom stereocenters. The molecule has 2 amide bonds. The summed E-state index contributed by atoms with van der Waals surface area (Å²) < 4.78 is 11.6. The van der Waals surface area contributed by atoms with Crippen LogP contribution in [-0.4, -0.2) is 50.3 Å². The van der Waals surface area contributed by atoms with E-state index in [4.69, 9.17) is 9.15 Å². The Labute approximate surface area is 172 Å². The first-order chi connectivity index (χ1) is 13.8. The van der Waals surface area contributed by atoms with Crippen LogP contribution in [0.1, 0.15) is 50.9 Å². The molecule has 2 heterocycles. The number of carbonyl (C=O) groups is 2. The number of rotatable bonds is 5. The van der Waals surface area contributed by atoms with Gasteiger partial charge in [-0.2, -0.15) is 9.28 Å². The summed E-state index contributed by atoms with van der Waals surface area (Å²) in [5, 5.41) is 7.08. The van der Waals surface area contributed by atoms with Crippen molar-refractivity contribution in [2.75, 3.05) is 32.7 Å². The molecule has 1 saturated heterocycles. The number of nitrogens with one attached hydrogen (secondary N) is 2. The Kier molecular flexibility index (Phi) is 6.29. The van der Waals surface area contributed by atoms with Crippen molar-refractivity contribution in [3.05, 3.63) is 30.0 Å². The molecule has 29 heavy (non-hydrogen) atoms. The van der Waals surface area contributed by atoms with Crippen LogP contribution in [0.2, 0.25) is 0 Å². The molecule has 0 bridgehead atoms. The lowest BCUT2D eigenvalue weighted by molar-refractivity contribution is 0.0241. The zero-order valence-corrected chi connectivity index (χ0v) is 17.8. The average Bonchev–Trinajstić information content (AvgIpc) is 3.15. The summed E-state index contributed by atoms with van der Waals surface area (Å²) in [7, 11) is 0. The Morgan fingerprint density at radius 1 is 1.24 bits per heavy atom. The third-order valence-electron chi connectivity index (χ3n) is 5.15. The maximum atomic E-state index is 13.4. The smallest absolute Gasteiger partial charge is 0.458 e. The largest absolute Gasteiger partial charge is 0.521 e. The SMILES string of the molecule is CCCCNC(=O)c1cc([N+]2(C(=O)OC(C)(C)C)CCNCC2)c2occc2c1. The van der Waals surface area contributed by atoms with Gasteiger partial charge in [0.2, 0.25) is 0 Å². The van der Waals surface area contributed by atoms with E-state index in [0.717, 1.165) is 18.2 Å². The highest BCUT2D eigenvalue weighted by atomic mass is 16.6. The van der Waals surface area contributed by atoms with Crippen molar-refractivity contribution in [1.29, 1.82) is 0 Å². The molecular formula is C22H32N3O4+. The Balaban J connectivity index is 2.07. The van der Waals surface area contributed by atoms with Gasteiger partial charge in [-0.05, 0) is 39.3 Å². The van der Waals surface area contributed by atoms with Crippen LogP contribution in [0.25, 0.3) is 11.0 Å². The predicted octanol–water partition coefficient (Wildman–Crippen LogP) is 3.81. The Bertz CT molecular complexity index is 876. The van der Waals surface area contributed by atoms with Crippen LogP contribution in [0.4, 0.5) is 10.5 Å². The van der Waals surface area contributed by atoms with Gasteiger partial charge < -0.3 is 19.8 Å². The van der Waals surface area contributed by atoms with Gasteiger partial charge in [0.1, 0.15) is 18.7 Å². The number of fused-ring (bicyclic) bond motifs is 1. The van der Waals surface area contributed by atoms with Crippen molar-refractivity contribution in [1.82, 2.24) is 15.1 Å². The van der Waals surface area contributed by atoms with E-state index in [1.807, 2.05) is 32.9 Å². The maximum absolute atomic E-state index is 13.4. The van der Waals surface area contributed by atoms with E-state index >= 15 is 0 Å². The summed E-state index contributed by atoms with van der Waals surface area (Å²) in [6, 6.07) is 5.44. The lowest BCUT2D eigenvalue weighted by Gasteiger charge is -2.38. The number of hydrogen-bond acceptors (Lipinski definition) is 5. The number of ether oxygens (including phenoxy) is 1. The number of carbonyl (C=O) groups excluding carboxylic acids is 2. The minimum atomic E-state index is -0.607. The Morgan fingerprint density at radius 2 is 1.97 bits per heavy atom. The molecule has 0 radical (unpaired) electrons. The van der Waals surface area contributed by atoms with Gasteiger partial charge in [0.15, 0.2) is 11.3 Å². The summed E-state index contributed by atoms with van der Waals surface area (Å²) in [5.74, 6) is -0.139. The first-order valence-corrected chi connectivity index (χ1v) is 10.4. The van der Waals surface area contributed by atoms with E-state index < -0.39 is 5.60 Å². The highest BCUT2D eigenvalue weighted by Gasteiger charge is 2.46. The molecule has 7 heteroatoms. The van der Waals surface area contributed by atoms with Crippen molar-refractivity contribution in [2.45, 2.75) is 46.1 Å². The minimum Gasteiger partial charge on any atom is -0.458 e. The molecule has 7 nitrogen and oxygen atoms in total. The second-order valence-electron chi connectivity index (χ2n) is 8.59. The lowest BCUT2D eigenvalue weighted by Crippen LogP contribution is -2.64. The van der Waals surface area contributed by atoms with E-state index in [1.165, 1.54) is 0 Å². The van der Waals surface area contributed by atoms with Crippen LogP contribution in [0, 0.1) is 0 Å². The van der Waals surface area contributed by atoms with Gasteiger partial charge in [0.05, 0.1) is 6.26 Å². The predicted molar refractivity (Wildman–Crippen MR) is 114 cm³/mol. The third kappa shape index (κ3) is 4.62. The van der Waals surface area contributed by atoms with Crippen LogP contribution >= 0.6 is 0 Å². The standard InChI is InChI=1S/C22H31N3O4/c1-5-6-8-24-20(26)17-14-16-7-13-28-19(16)18(15-17)25(11-9-23-10-12-25)21(27)29-22(2,3)4/h7,13-15,23H,5-6,8-12H2,1-4H3/p+1. The number of benzene rings is 1. The quantitative estimate of drug-likeness (QED) is 0.587. The first-order valence-electron chi connectivity index (χ1n) is 10.4. The van der Waals surface area contributed by atoms with Crippen molar-refractivity contribution < 1.29 is 18.7 Å². The number of quaternary nitrogens is 1. The van der Waals surface area contributed by atoms with Gasteiger partial charge in [-0.15, -0.1) is 0 Å². The topological polar surface area (TPSA) is 80.6 Å². The van der Waals surface area contributed by atoms with Crippen LogP contribution in [0.15, 0.2) is 28.9 Å². The van der Waals surface area contributed by atoms with E-state index in [9.17, 15) is 9.59 Å². The van der Waals surface area contributed by atoms with Crippen molar-refractivity contribution in [3.8, 4) is 0 Å². The van der Waals surface area contributed by atoms with Crippen LogP contribution in [0.5, 0.6) is 0 Å². The first kappa shape index (κ1) is 21.3. The highest BCUT2D eigenvalue weighted by Crippen LogP contribution is 2.36. The second-order valence-corrected chi connectivity index (χ2v) is 8.59. The maximum Gasteiger partial charge on any atom is 0.521 e. The molecule has 1 aliphatic heterocycles. The number of unbranched alkanes of at least 4 members (excludes halogenated alkanes) is 1. The van der Waals surface area contributed by atoms with E-state index in [-0.39, 0.29) is 16.5 Å². The fourth-order valence-electron chi connectivity index (χ4n) is 3.64. The molecule has 0 unspecified atom stereocenters. The zero-order valence-electron chi connectivity index (χ0n) is 17.8. The normalized spacial score (nSPS) is 16.6. The van der Waals surface area contributed by atoms with E-state index in [0.29, 0.717) is 49.6 Å². The monoisotopic (exact) mass is 402 g/mol. The molecule has 0 saturated carbocycles. The number of piperazine rings is 1. The Hall–Kier alpha value is -2.38. The molecular weight excluding hydrogens is 370 g/mol. The minimum absolute atomic E-state index is 0.00433. The summed E-state index contributed by atoms with van der Waals surface area (Å²) in [6.07, 6.45) is 3.22. The summed E-state index contributed by atoms with van der Waals surface area (Å²) >= 11 is 0. The van der Waals surface area contributed by atoms with Crippen molar-refractivity contribution in [3.63, 3.8) is 0 Å². The number of furan rings is 1. The summed E-state index contributed by atoms with van der Waals surface area (Å²) in [6.45, 7) is 10.7. The molecule has 3 rings (SSSR count). The van der Waals surface area contributed by atoms with Crippen LogP contribution in [-0.2, 0) is 4.74 Å². The fraction of sp³-hybridized carbons (Fsp3) is 0.545. The molecule has 2 aromatic rings. The highest BCUT2D eigenvalue weighted by molar-refractivity contribution is 6.03. The van der Waals surface area contributed by atoms with Crippen LogP contribution < -0.4 is 15.1 Å². The van der Waals surface area contributed by atoms with Gasteiger partial charge >= 0.3 is 6.09 Å². The number of nitrogens with zero attached hydrogens (tertiary/aromatic N) is 1. The molecule has 0 aliphatic carbocycles. The second kappa shape index (κ2) is 8.55. The molecule has 1 aromatic heterocycles. The molecule has 1 aliphatic rings. The number of amides is 2. The van der Waals surface area contributed by atoms with Gasteiger partial charge in [-0.1, -0.05) is 13.3 Å². The van der Waals surface area contributed by atoms with E-state index in [2.05, 4.69) is 17.6 Å².